The highest BCUT2D eigenvalue weighted by molar-refractivity contribution is 6.04. The number of benzene rings is 7. The van der Waals surface area contributed by atoms with Crippen LogP contribution in [0.25, 0.3) is 32.3 Å². The van der Waals surface area contributed by atoms with Gasteiger partial charge in [0.2, 0.25) is 0 Å². The van der Waals surface area contributed by atoms with Crippen LogP contribution in [-0.2, 0) is 6.18 Å². The maximum atomic E-state index is 13.0. The first kappa shape index (κ1) is 31.3. The molecule has 49 heavy (non-hydrogen) atoms. The molecule has 4 N–H and O–H groups in total. The quantitative estimate of drug-likeness (QED) is 0.0920. The first-order valence-electron chi connectivity index (χ1n) is 15.6. The molecule has 7 aromatic rings. The molecule has 0 radical (unpaired) electrons. The Labute approximate surface area is 281 Å². The molecular formula is C39H32F3N7. The summed E-state index contributed by atoms with van der Waals surface area (Å²) in [7, 11) is 4.06. The van der Waals surface area contributed by atoms with Crippen LogP contribution in [0, 0.1) is 0 Å². The summed E-state index contributed by atoms with van der Waals surface area (Å²) in [6.45, 7) is 0. The van der Waals surface area contributed by atoms with Crippen LogP contribution in [-0.4, -0.2) is 14.1 Å². The molecule has 7 nitrogen and oxygen atoms in total. The summed E-state index contributed by atoms with van der Waals surface area (Å²) in [6.07, 6.45) is -4.38. The molecule has 0 aliphatic heterocycles. The molecule has 0 atom stereocenters. The summed E-state index contributed by atoms with van der Waals surface area (Å²) < 4.78 is 38.9. The fourth-order valence-electron chi connectivity index (χ4n) is 5.87. The molecule has 0 aromatic heterocycles. The van der Waals surface area contributed by atoms with Gasteiger partial charge in [-0.3, -0.25) is 0 Å². The van der Waals surface area contributed by atoms with E-state index in [-0.39, 0.29) is 0 Å². The Hall–Kier alpha value is -6.29. The molecule has 0 bridgehead atoms. The lowest BCUT2D eigenvalue weighted by atomic mass is 10.1. The second kappa shape index (κ2) is 13.1. The van der Waals surface area contributed by atoms with E-state index >= 15 is 0 Å². The molecule has 0 saturated heterocycles. The molecule has 0 amide bonds. The Morgan fingerprint density at radius 2 is 0.857 bits per heavy atom. The highest BCUT2D eigenvalue weighted by Crippen LogP contribution is 2.37. The van der Waals surface area contributed by atoms with Gasteiger partial charge in [-0.05, 0) is 60.7 Å². The smallest absolute Gasteiger partial charge is 0.377 e. The first-order valence-corrected chi connectivity index (χ1v) is 15.6. The van der Waals surface area contributed by atoms with Gasteiger partial charge < -0.3 is 26.6 Å². The second-order valence-electron chi connectivity index (χ2n) is 11.7. The minimum Gasteiger partial charge on any atom is -0.377 e. The van der Waals surface area contributed by atoms with Gasteiger partial charge in [-0.2, -0.15) is 13.2 Å². The predicted molar refractivity (Wildman–Crippen MR) is 196 cm³/mol. The van der Waals surface area contributed by atoms with Crippen LogP contribution >= 0.6 is 0 Å². The van der Waals surface area contributed by atoms with Crippen molar-refractivity contribution in [2.45, 2.75) is 6.18 Å². The maximum Gasteiger partial charge on any atom is 0.416 e. The number of alkyl halides is 3. The van der Waals surface area contributed by atoms with Gasteiger partial charge in [-0.25, -0.2) is 0 Å². The van der Waals surface area contributed by atoms with Gasteiger partial charge in [-0.1, -0.05) is 72.8 Å². The number of hydrogen-bond donors (Lipinski definition) is 4. The monoisotopic (exact) mass is 655 g/mol. The zero-order valence-corrected chi connectivity index (χ0v) is 26.7. The van der Waals surface area contributed by atoms with Crippen LogP contribution < -0.4 is 26.6 Å². The number of nitrogens with zero attached hydrogens (tertiary/aromatic N) is 3. The van der Waals surface area contributed by atoms with Crippen LogP contribution in [0.15, 0.2) is 144 Å². The summed E-state index contributed by atoms with van der Waals surface area (Å²) >= 11 is 0. The highest BCUT2D eigenvalue weighted by atomic mass is 19.4. The number of rotatable bonds is 9. The van der Waals surface area contributed by atoms with Gasteiger partial charge in [0, 0.05) is 52.1 Å². The molecule has 0 aliphatic carbocycles. The molecular weight excluding hydrogens is 623 g/mol. The summed E-state index contributed by atoms with van der Waals surface area (Å²) in [4.78, 5) is 2.09. The molecule has 0 spiro atoms. The lowest BCUT2D eigenvalue weighted by molar-refractivity contribution is -0.137. The Kier molecular flexibility index (Phi) is 8.36. The fraction of sp³-hybridized carbons (Fsp3) is 0.0769. The van der Waals surface area contributed by atoms with E-state index in [9.17, 15) is 13.2 Å². The van der Waals surface area contributed by atoms with E-state index < -0.39 is 11.7 Å². The zero-order valence-electron chi connectivity index (χ0n) is 26.7. The molecule has 0 unspecified atom stereocenters. The van der Waals surface area contributed by atoms with Gasteiger partial charge >= 0.3 is 6.18 Å². The normalized spacial score (nSPS) is 11.7. The Balaban J connectivity index is 1.12. The van der Waals surface area contributed by atoms with E-state index in [1.165, 1.54) is 12.1 Å². The van der Waals surface area contributed by atoms with Crippen molar-refractivity contribution in [3.05, 3.63) is 139 Å². The fourth-order valence-corrected chi connectivity index (χ4v) is 5.87. The average molecular weight is 656 g/mol. The number of nitrogens with one attached hydrogen (secondary N) is 4. The number of halogens is 3. The number of fused-ring (bicyclic) bond motifs is 3. The summed E-state index contributed by atoms with van der Waals surface area (Å²) in [5.41, 5.74) is 17.8. The molecule has 0 heterocycles. The lowest BCUT2D eigenvalue weighted by Crippen LogP contribution is -2.12. The van der Waals surface area contributed by atoms with Gasteiger partial charge in [0.05, 0.1) is 39.7 Å². The van der Waals surface area contributed by atoms with Gasteiger partial charge in [0.25, 0.3) is 0 Å². The van der Waals surface area contributed by atoms with Crippen molar-refractivity contribution >= 4 is 72.1 Å². The van der Waals surface area contributed by atoms with Crippen LogP contribution in [0.5, 0.6) is 0 Å². The predicted octanol–water partition coefficient (Wildman–Crippen LogP) is 11.5. The maximum absolute atomic E-state index is 13.0. The standard InChI is InChI=1S/C39H32F3N7/c1-49(2)38-24-23-37(31-13-7-8-14-32(31)38)48-47-36-22-21-35(29-11-5-6-12-30(29)36)46-45-34-20-19-33(27-9-3-4-10-28(27)34)44-43-26-17-15-25(16-18-26)39(40,41)42/h3-24,43-46H,1-2H3. The van der Waals surface area contributed by atoms with E-state index in [1.54, 1.807) is 0 Å². The third kappa shape index (κ3) is 6.48. The van der Waals surface area contributed by atoms with E-state index in [2.05, 4.69) is 49.9 Å². The van der Waals surface area contributed by atoms with E-state index in [0.29, 0.717) is 5.69 Å². The van der Waals surface area contributed by atoms with Gasteiger partial charge in [0.1, 0.15) is 0 Å². The number of anilines is 5. The van der Waals surface area contributed by atoms with E-state index in [0.717, 1.165) is 78.6 Å². The molecule has 7 rings (SSSR count). The van der Waals surface area contributed by atoms with Gasteiger partial charge in [0.15, 0.2) is 0 Å². The molecule has 7 aromatic carbocycles. The SMILES string of the molecule is CN(C)c1ccc(N=Nc2ccc(NNc3ccc(NNc4ccc(C(F)(F)F)cc4)c4ccccc34)c3ccccc23)c2ccccc12. The third-order valence-electron chi connectivity index (χ3n) is 8.34. The van der Waals surface area contributed by atoms with Crippen molar-refractivity contribution < 1.29 is 13.2 Å². The Morgan fingerprint density at radius 1 is 0.449 bits per heavy atom. The second-order valence-corrected chi connectivity index (χ2v) is 11.7. The Morgan fingerprint density at radius 3 is 1.37 bits per heavy atom. The average Bonchev–Trinajstić information content (AvgIpc) is 3.12. The lowest BCUT2D eigenvalue weighted by Gasteiger charge is -2.17. The molecule has 0 aliphatic rings. The minimum absolute atomic E-state index is 0.506. The topological polar surface area (TPSA) is 76.1 Å². The van der Waals surface area contributed by atoms with Crippen LogP contribution in [0.3, 0.4) is 0 Å². The van der Waals surface area contributed by atoms with Crippen molar-refractivity contribution in [1.82, 2.24) is 0 Å². The largest absolute Gasteiger partial charge is 0.416 e. The molecule has 0 saturated carbocycles. The van der Waals surface area contributed by atoms with Gasteiger partial charge in [-0.15, -0.1) is 10.2 Å². The van der Waals surface area contributed by atoms with E-state index in [1.807, 2.05) is 105 Å². The van der Waals surface area contributed by atoms with Crippen molar-refractivity contribution in [1.29, 1.82) is 0 Å². The number of hydrogen-bond acceptors (Lipinski definition) is 7. The highest BCUT2D eigenvalue weighted by Gasteiger charge is 2.29. The molecule has 10 heteroatoms. The number of hydrazine groups is 2. The van der Waals surface area contributed by atoms with Crippen molar-refractivity contribution in [2.75, 3.05) is 40.7 Å². The molecule has 244 valence electrons. The zero-order chi connectivity index (χ0) is 34.0. The van der Waals surface area contributed by atoms with Crippen molar-refractivity contribution in [3.63, 3.8) is 0 Å². The summed E-state index contributed by atoms with van der Waals surface area (Å²) in [5.74, 6) is 0. The summed E-state index contributed by atoms with van der Waals surface area (Å²) in [6, 6.07) is 40.8. The Bertz CT molecular complexity index is 2320. The van der Waals surface area contributed by atoms with Crippen molar-refractivity contribution in [3.8, 4) is 0 Å². The van der Waals surface area contributed by atoms with Crippen LogP contribution in [0.2, 0.25) is 0 Å². The minimum atomic E-state index is -4.38. The van der Waals surface area contributed by atoms with E-state index in [4.69, 9.17) is 5.11 Å². The first-order chi connectivity index (χ1) is 23.8. The summed E-state index contributed by atoms with van der Waals surface area (Å²) in [5, 5.41) is 15.3. The third-order valence-corrected chi connectivity index (χ3v) is 8.34. The number of azo groups is 1. The molecule has 0 fully saturated rings. The van der Waals surface area contributed by atoms with Crippen LogP contribution in [0.1, 0.15) is 5.56 Å². The van der Waals surface area contributed by atoms with Crippen LogP contribution in [0.4, 0.5) is 53.0 Å². The van der Waals surface area contributed by atoms with Crippen molar-refractivity contribution in [2.24, 2.45) is 10.2 Å².